The van der Waals surface area contributed by atoms with Gasteiger partial charge in [0.2, 0.25) is 0 Å². The van der Waals surface area contributed by atoms with Gasteiger partial charge in [0, 0.05) is 51.9 Å². The number of pyridine rings is 1. The zero-order valence-electron chi connectivity index (χ0n) is 15.5. The number of anilines is 1. The first-order chi connectivity index (χ1) is 12.2. The monoisotopic (exact) mass is 357 g/mol. The molecule has 0 bridgehead atoms. The molecule has 2 aliphatic rings. The molecule has 0 spiro atoms. The van der Waals surface area contributed by atoms with Crippen molar-refractivity contribution in [2.75, 3.05) is 45.2 Å². The normalized spacial score (nSPS) is 24.3. The number of aryl methyl sites for hydroxylation is 2. The molecule has 3 rings (SSSR count). The Morgan fingerprint density at radius 3 is 2.58 bits per heavy atom. The highest BCUT2D eigenvalue weighted by molar-refractivity contribution is 5.82. The minimum atomic E-state index is -1.03. The fraction of sp³-hybridized carbons (Fsp3) is 0.556. The number of fused-ring (bicyclic) bond motifs is 1. The van der Waals surface area contributed by atoms with E-state index < -0.39 is 11.4 Å². The fourth-order valence-corrected chi connectivity index (χ4v) is 3.97. The summed E-state index contributed by atoms with van der Waals surface area (Å²) in [5, 5.41) is 19.4. The van der Waals surface area contributed by atoms with E-state index in [2.05, 4.69) is 11.1 Å². The molecule has 26 heavy (non-hydrogen) atoms. The molecule has 1 aromatic rings. The highest BCUT2D eigenvalue weighted by atomic mass is 16.4. The van der Waals surface area contributed by atoms with Gasteiger partial charge in [0.15, 0.2) is 0 Å². The standard InChI is InChI=1S/C18H23N5O3/c1-11-5-13(6-19)15(20-12(11)2)22-7-14-8-23(17(26)21(3)4)10-18(14,9-22)16(24)25/h5,14H,7-10H2,1-4H3,(H,24,25)/t14-,18-/m0/s1. The average Bonchev–Trinajstić information content (AvgIpc) is 3.11. The van der Waals surface area contributed by atoms with E-state index in [-0.39, 0.29) is 25.0 Å². The van der Waals surface area contributed by atoms with Gasteiger partial charge in [-0.1, -0.05) is 0 Å². The largest absolute Gasteiger partial charge is 0.481 e. The van der Waals surface area contributed by atoms with Gasteiger partial charge in [-0.25, -0.2) is 9.78 Å². The molecule has 2 amide bonds. The quantitative estimate of drug-likeness (QED) is 0.850. The molecule has 0 aliphatic carbocycles. The van der Waals surface area contributed by atoms with Gasteiger partial charge in [0.1, 0.15) is 17.3 Å². The van der Waals surface area contributed by atoms with Crippen molar-refractivity contribution in [3.63, 3.8) is 0 Å². The minimum Gasteiger partial charge on any atom is -0.481 e. The van der Waals surface area contributed by atoms with Gasteiger partial charge in [0.25, 0.3) is 0 Å². The number of likely N-dealkylation sites (tertiary alicyclic amines) is 1. The molecule has 8 nitrogen and oxygen atoms in total. The Balaban J connectivity index is 1.93. The Hall–Kier alpha value is -2.82. The Kier molecular flexibility index (Phi) is 4.26. The van der Waals surface area contributed by atoms with Crippen LogP contribution in [0.25, 0.3) is 0 Å². The molecule has 1 aromatic heterocycles. The number of carboxylic acids is 1. The summed E-state index contributed by atoms with van der Waals surface area (Å²) in [6.45, 7) is 5.05. The van der Waals surface area contributed by atoms with Crippen LogP contribution in [0.15, 0.2) is 6.07 Å². The summed E-state index contributed by atoms with van der Waals surface area (Å²) in [6, 6.07) is 3.79. The number of aromatic nitrogens is 1. The number of hydrogen-bond donors (Lipinski definition) is 1. The van der Waals surface area contributed by atoms with Gasteiger partial charge in [0.05, 0.1) is 5.56 Å². The fourth-order valence-electron chi connectivity index (χ4n) is 3.97. The number of carbonyl (C=O) groups excluding carboxylic acids is 1. The Morgan fingerprint density at radius 1 is 1.35 bits per heavy atom. The van der Waals surface area contributed by atoms with Gasteiger partial charge in [-0.05, 0) is 25.5 Å². The lowest BCUT2D eigenvalue weighted by molar-refractivity contribution is -0.148. The maximum atomic E-state index is 12.3. The van der Waals surface area contributed by atoms with Crippen LogP contribution in [0.5, 0.6) is 0 Å². The maximum absolute atomic E-state index is 12.3. The van der Waals surface area contributed by atoms with Crippen LogP contribution >= 0.6 is 0 Å². The Morgan fingerprint density at radius 2 is 2.04 bits per heavy atom. The van der Waals surface area contributed by atoms with Crippen molar-refractivity contribution in [3.05, 3.63) is 22.9 Å². The zero-order valence-corrected chi connectivity index (χ0v) is 15.5. The number of carbonyl (C=O) groups is 2. The van der Waals surface area contributed by atoms with Crippen LogP contribution in [0.1, 0.15) is 16.8 Å². The second-order valence-corrected chi connectivity index (χ2v) is 7.47. The van der Waals surface area contributed by atoms with Crippen LogP contribution in [-0.2, 0) is 4.79 Å². The highest BCUT2D eigenvalue weighted by Crippen LogP contribution is 2.44. The predicted molar refractivity (Wildman–Crippen MR) is 94.9 cm³/mol. The van der Waals surface area contributed by atoms with Crippen molar-refractivity contribution in [3.8, 4) is 6.07 Å². The third kappa shape index (κ3) is 2.64. The minimum absolute atomic E-state index is 0.173. The van der Waals surface area contributed by atoms with Crippen LogP contribution in [0, 0.1) is 36.5 Å². The SMILES string of the molecule is Cc1cc(C#N)c(N2C[C@H]3CN(C(=O)N(C)C)C[C@@]3(C(=O)O)C2)nc1C. The smallest absolute Gasteiger partial charge is 0.319 e. The maximum Gasteiger partial charge on any atom is 0.319 e. The van der Waals surface area contributed by atoms with Crippen molar-refractivity contribution in [2.24, 2.45) is 11.3 Å². The third-order valence-corrected chi connectivity index (χ3v) is 5.55. The summed E-state index contributed by atoms with van der Waals surface area (Å²) in [5.41, 5.74) is 1.18. The van der Waals surface area contributed by atoms with E-state index in [0.717, 1.165) is 11.3 Å². The van der Waals surface area contributed by atoms with E-state index in [4.69, 9.17) is 0 Å². The van der Waals surface area contributed by atoms with Crippen molar-refractivity contribution in [2.45, 2.75) is 13.8 Å². The number of hydrogen-bond acceptors (Lipinski definition) is 5. The van der Waals surface area contributed by atoms with Crippen LogP contribution in [0.4, 0.5) is 10.6 Å². The summed E-state index contributed by atoms with van der Waals surface area (Å²) >= 11 is 0. The van der Waals surface area contributed by atoms with Crippen LogP contribution in [0.2, 0.25) is 0 Å². The molecule has 0 saturated carbocycles. The number of nitriles is 1. The summed E-state index contributed by atoms with van der Waals surface area (Å²) in [6.07, 6.45) is 0. The van der Waals surface area contributed by atoms with Gasteiger partial charge in [-0.3, -0.25) is 4.79 Å². The van der Waals surface area contributed by atoms with E-state index in [1.165, 1.54) is 4.90 Å². The van der Waals surface area contributed by atoms with Gasteiger partial charge < -0.3 is 19.8 Å². The third-order valence-electron chi connectivity index (χ3n) is 5.55. The lowest BCUT2D eigenvalue weighted by Gasteiger charge is -2.28. The number of urea groups is 1. The number of carboxylic acid groups (broad SMARTS) is 1. The van der Waals surface area contributed by atoms with Crippen molar-refractivity contribution in [1.82, 2.24) is 14.8 Å². The van der Waals surface area contributed by atoms with E-state index in [1.54, 1.807) is 25.1 Å². The molecule has 3 heterocycles. The molecule has 0 radical (unpaired) electrons. The molecule has 2 aliphatic heterocycles. The lowest BCUT2D eigenvalue weighted by atomic mass is 9.81. The topological polar surface area (TPSA) is 101 Å². The molecule has 2 atom stereocenters. The second-order valence-electron chi connectivity index (χ2n) is 7.47. The van der Waals surface area contributed by atoms with E-state index in [9.17, 15) is 20.0 Å². The summed E-state index contributed by atoms with van der Waals surface area (Å²) in [5.74, 6) is -0.559. The summed E-state index contributed by atoms with van der Waals surface area (Å²) in [4.78, 5) is 33.9. The van der Waals surface area contributed by atoms with E-state index in [1.807, 2.05) is 18.7 Å². The molecule has 8 heteroatoms. The molecular weight excluding hydrogens is 334 g/mol. The van der Waals surface area contributed by atoms with Crippen molar-refractivity contribution >= 4 is 17.8 Å². The van der Waals surface area contributed by atoms with Gasteiger partial charge in [-0.2, -0.15) is 5.26 Å². The second kappa shape index (κ2) is 6.16. The Bertz CT molecular complexity index is 816. The Labute approximate surface area is 152 Å². The number of rotatable bonds is 2. The number of nitrogens with zero attached hydrogens (tertiary/aromatic N) is 5. The summed E-state index contributed by atoms with van der Waals surface area (Å²) < 4.78 is 0. The molecule has 0 aromatic carbocycles. The molecule has 2 fully saturated rings. The van der Waals surface area contributed by atoms with Crippen LogP contribution in [0.3, 0.4) is 0 Å². The van der Waals surface area contributed by atoms with E-state index in [0.29, 0.717) is 24.5 Å². The van der Waals surface area contributed by atoms with Crippen LogP contribution in [-0.4, -0.2) is 72.2 Å². The highest BCUT2D eigenvalue weighted by Gasteiger charge is 2.59. The van der Waals surface area contributed by atoms with Crippen LogP contribution < -0.4 is 4.90 Å². The molecular formula is C18H23N5O3. The average molecular weight is 357 g/mol. The molecule has 138 valence electrons. The number of aliphatic carboxylic acids is 1. The van der Waals surface area contributed by atoms with Gasteiger partial charge >= 0.3 is 12.0 Å². The van der Waals surface area contributed by atoms with Gasteiger partial charge in [-0.15, -0.1) is 0 Å². The first kappa shape index (κ1) is 18.0. The molecule has 1 N–H and O–H groups in total. The lowest BCUT2D eigenvalue weighted by Crippen LogP contribution is -2.44. The first-order valence-corrected chi connectivity index (χ1v) is 8.52. The van der Waals surface area contributed by atoms with Crippen molar-refractivity contribution in [1.29, 1.82) is 5.26 Å². The predicted octanol–water partition coefficient (Wildman–Crippen LogP) is 1.07. The molecule has 0 unspecified atom stereocenters. The molecule has 2 saturated heterocycles. The van der Waals surface area contributed by atoms with Crippen molar-refractivity contribution < 1.29 is 14.7 Å². The zero-order chi connectivity index (χ0) is 19.2. The van der Waals surface area contributed by atoms with E-state index >= 15 is 0 Å². The first-order valence-electron chi connectivity index (χ1n) is 8.52. The summed E-state index contributed by atoms with van der Waals surface area (Å²) in [7, 11) is 3.32. The number of amides is 2.